The molecular formula is C13H27NO. The van der Waals surface area contributed by atoms with Crippen molar-refractivity contribution in [1.82, 2.24) is 5.32 Å². The molecule has 0 aromatic rings. The largest absolute Gasteiger partial charge is 0.359 e. The highest BCUT2D eigenvalue weighted by molar-refractivity contribution is 4.93. The van der Waals surface area contributed by atoms with Crippen LogP contribution in [0.1, 0.15) is 60.3 Å². The number of rotatable bonds is 0. The predicted octanol–water partition coefficient (Wildman–Crippen LogP) is 3.32. The maximum atomic E-state index is 5.88. The molecule has 0 bridgehead atoms. The van der Waals surface area contributed by atoms with Crippen molar-refractivity contribution in [2.75, 3.05) is 6.61 Å². The van der Waals surface area contributed by atoms with Crippen LogP contribution in [0.3, 0.4) is 0 Å². The lowest BCUT2D eigenvalue weighted by atomic mass is 9.74. The summed E-state index contributed by atoms with van der Waals surface area (Å²) in [6, 6.07) is 0.543. The molecule has 1 N–H and O–H groups in total. The van der Waals surface area contributed by atoms with E-state index in [-0.39, 0.29) is 5.72 Å². The molecule has 0 radical (unpaired) electrons. The van der Waals surface area contributed by atoms with Gasteiger partial charge in [0.15, 0.2) is 0 Å². The fourth-order valence-corrected chi connectivity index (χ4v) is 2.44. The quantitative estimate of drug-likeness (QED) is 0.666. The minimum Gasteiger partial charge on any atom is -0.359 e. The summed E-state index contributed by atoms with van der Waals surface area (Å²) < 4.78 is 5.88. The normalized spacial score (nSPS) is 32.2. The van der Waals surface area contributed by atoms with Gasteiger partial charge in [0.2, 0.25) is 0 Å². The minimum absolute atomic E-state index is 0.0505. The summed E-state index contributed by atoms with van der Waals surface area (Å²) in [6.45, 7) is 11.8. The molecule has 1 unspecified atom stereocenters. The Labute approximate surface area is 94.8 Å². The van der Waals surface area contributed by atoms with Crippen LogP contribution in [0.2, 0.25) is 0 Å². The Balaban J connectivity index is 0.000000531. The van der Waals surface area contributed by atoms with E-state index in [2.05, 4.69) is 26.1 Å². The molecule has 0 aromatic carbocycles. The van der Waals surface area contributed by atoms with Crippen LogP contribution >= 0.6 is 0 Å². The van der Waals surface area contributed by atoms with E-state index >= 15 is 0 Å². The molecule has 2 nitrogen and oxygen atoms in total. The standard InChI is InChI=1S/C11H21NO.C2H6/c1-9-8-13-11(12-9)6-4-10(2,3)5-7-11;1-2/h9,12H,4-8H2,1-3H3;1-2H3. The fraction of sp³-hybridized carbons (Fsp3) is 1.00. The Bertz CT molecular complexity index is 191. The van der Waals surface area contributed by atoms with Gasteiger partial charge in [0, 0.05) is 6.04 Å². The van der Waals surface area contributed by atoms with Crippen molar-refractivity contribution in [1.29, 1.82) is 0 Å². The number of hydrogen-bond donors (Lipinski definition) is 1. The van der Waals surface area contributed by atoms with E-state index in [1.807, 2.05) is 13.8 Å². The van der Waals surface area contributed by atoms with Crippen molar-refractivity contribution in [3.63, 3.8) is 0 Å². The van der Waals surface area contributed by atoms with Crippen LogP contribution in [0.25, 0.3) is 0 Å². The van der Waals surface area contributed by atoms with Crippen molar-refractivity contribution < 1.29 is 4.74 Å². The Morgan fingerprint density at radius 3 is 2.00 bits per heavy atom. The average molecular weight is 213 g/mol. The van der Waals surface area contributed by atoms with Crippen molar-refractivity contribution in [2.45, 2.75) is 72.1 Å². The van der Waals surface area contributed by atoms with Gasteiger partial charge in [-0.2, -0.15) is 0 Å². The van der Waals surface area contributed by atoms with E-state index < -0.39 is 0 Å². The molecule has 15 heavy (non-hydrogen) atoms. The van der Waals surface area contributed by atoms with Gasteiger partial charge in [0.05, 0.1) is 6.61 Å². The van der Waals surface area contributed by atoms with Crippen molar-refractivity contribution >= 4 is 0 Å². The first-order valence-corrected chi connectivity index (χ1v) is 6.43. The molecule has 1 saturated carbocycles. The van der Waals surface area contributed by atoms with Crippen molar-refractivity contribution in [3.8, 4) is 0 Å². The Morgan fingerprint density at radius 2 is 1.60 bits per heavy atom. The van der Waals surface area contributed by atoms with Crippen LogP contribution in [-0.2, 0) is 4.74 Å². The van der Waals surface area contributed by atoms with E-state index in [9.17, 15) is 0 Å². The third-order valence-electron chi connectivity index (χ3n) is 3.53. The number of ether oxygens (including phenoxy) is 1. The SMILES string of the molecule is CC.CC1COC2(CCC(C)(C)CC2)N1. The second-order valence-electron chi connectivity index (χ2n) is 5.51. The molecule has 1 aliphatic heterocycles. The van der Waals surface area contributed by atoms with Gasteiger partial charge in [0.1, 0.15) is 5.72 Å². The second kappa shape index (κ2) is 4.84. The summed E-state index contributed by atoms with van der Waals surface area (Å²) in [6.07, 6.45) is 4.94. The van der Waals surface area contributed by atoms with Crippen LogP contribution in [-0.4, -0.2) is 18.4 Å². The lowest BCUT2D eigenvalue weighted by molar-refractivity contribution is -0.0604. The first-order chi connectivity index (χ1) is 7.02. The first-order valence-electron chi connectivity index (χ1n) is 6.43. The topological polar surface area (TPSA) is 21.3 Å². The third kappa shape index (κ3) is 3.18. The molecule has 0 aromatic heterocycles. The number of nitrogens with one attached hydrogen (secondary N) is 1. The summed E-state index contributed by atoms with van der Waals surface area (Å²) in [7, 11) is 0. The molecule has 2 heteroatoms. The molecular weight excluding hydrogens is 186 g/mol. The third-order valence-corrected chi connectivity index (χ3v) is 3.53. The average Bonchev–Trinajstić information content (AvgIpc) is 2.58. The highest BCUT2D eigenvalue weighted by Gasteiger charge is 2.43. The van der Waals surface area contributed by atoms with Gasteiger partial charge in [-0.05, 0) is 38.0 Å². The fourth-order valence-electron chi connectivity index (χ4n) is 2.44. The number of hydrogen-bond acceptors (Lipinski definition) is 2. The van der Waals surface area contributed by atoms with E-state index in [4.69, 9.17) is 4.74 Å². The molecule has 1 heterocycles. The minimum atomic E-state index is 0.0505. The van der Waals surface area contributed by atoms with Crippen LogP contribution in [0.5, 0.6) is 0 Å². The van der Waals surface area contributed by atoms with Gasteiger partial charge < -0.3 is 4.74 Å². The van der Waals surface area contributed by atoms with E-state index in [1.165, 1.54) is 25.7 Å². The van der Waals surface area contributed by atoms with E-state index in [0.29, 0.717) is 11.5 Å². The van der Waals surface area contributed by atoms with Gasteiger partial charge in [0.25, 0.3) is 0 Å². The van der Waals surface area contributed by atoms with Crippen molar-refractivity contribution in [2.24, 2.45) is 5.41 Å². The van der Waals surface area contributed by atoms with Crippen LogP contribution in [0.4, 0.5) is 0 Å². The zero-order chi connectivity index (χ0) is 11.5. The summed E-state index contributed by atoms with van der Waals surface area (Å²) in [5.41, 5.74) is 0.580. The predicted molar refractivity (Wildman–Crippen MR) is 64.9 cm³/mol. The van der Waals surface area contributed by atoms with E-state index in [1.54, 1.807) is 0 Å². The maximum absolute atomic E-state index is 5.88. The molecule has 1 aliphatic carbocycles. The molecule has 1 spiro atoms. The van der Waals surface area contributed by atoms with Crippen LogP contribution < -0.4 is 5.32 Å². The molecule has 90 valence electrons. The summed E-state index contributed by atoms with van der Waals surface area (Å²) in [4.78, 5) is 0. The lowest BCUT2D eigenvalue weighted by Gasteiger charge is -2.40. The highest BCUT2D eigenvalue weighted by Crippen LogP contribution is 2.42. The smallest absolute Gasteiger partial charge is 0.119 e. The van der Waals surface area contributed by atoms with Gasteiger partial charge in [-0.3, -0.25) is 5.32 Å². The molecule has 2 aliphatic rings. The summed E-state index contributed by atoms with van der Waals surface area (Å²) >= 11 is 0. The zero-order valence-corrected chi connectivity index (χ0v) is 11.0. The van der Waals surface area contributed by atoms with Crippen LogP contribution in [0, 0.1) is 5.41 Å². The Kier molecular flexibility index (Phi) is 4.19. The van der Waals surface area contributed by atoms with Crippen molar-refractivity contribution in [3.05, 3.63) is 0 Å². The first kappa shape index (κ1) is 13.0. The summed E-state index contributed by atoms with van der Waals surface area (Å²) in [5.74, 6) is 0. The summed E-state index contributed by atoms with van der Waals surface area (Å²) in [5, 5.41) is 3.58. The Morgan fingerprint density at radius 1 is 1.07 bits per heavy atom. The van der Waals surface area contributed by atoms with Gasteiger partial charge in [-0.15, -0.1) is 0 Å². The van der Waals surface area contributed by atoms with Gasteiger partial charge in [-0.1, -0.05) is 27.7 Å². The molecule has 2 fully saturated rings. The molecule has 1 saturated heterocycles. The maximum Gasteiger partial charge on any atom is 0.119 e. The second-order valence-corrected chi connectivity index (χ2v) is 5.51. The Hall–Kier alpha value is -0.0800. The molecule has 0 amide bonds. The highest BCUT2D eigenvalue weighted by atomic mass is 16.5. The van der Waals surface area contributed by atoms with Gasteiger partial charge in [-0.25, -0.2) is 0 Å². The zero-order valence-electron chi connectivity index (χ0n) is 11.0. The van der Waals surface area contributed by atoms with Crippen LogP contribution in [0.15, 0.2) is 0 Å². The molecule has 2 rings (SSSR count). The lowest BCUT2D eigenvalue weighted by Crippen LogP contribution is -2.47. The van der Waals surface area contributed by atoms with Gasteiger partial charge >= 0.3 is 0 Å². The van der Waals surface area contributed by atoms with E-state index in [0.717, 1.165) is 6.61 Å². The monoisotopic (exact) mass is 213 g/mol. The molecule has 1 atom stereocenters.